The summed E-state index contributed by atoms with van der Waals surface area (Å²) in [6.45, 7) is 0. The third kappa shape index (κ3) is 1.86. The average molecular weight is 262 g/mol. The fourth-order valence-electron chi connectivity index (χ4n) is 2.27. The molecule has 0 bridgehead atoms. The summed E-state index contributed by atoms with van der Waals surface area (Å²) in [4.78, 5) is 11.9. The van der Waals surface area contributed by atoms with Crippen LogP contribution in [-0.4, -0.2) is 6.03 Å². The van der Waals surface area contributed by atoms with E-state index in [2.05, 4.69) is 5.32 Å². The molecule has 1 aromatic carbocycles. The van der Waals surface area contributed by atoms with Gasteiger partial charge < -0.3 is 5.73 Å². The molecular weight excluding hydrogens is 251 g/mol. The van der Waals surface area contributed by atoms with E-state index in [4.69, 9.17) is 5.73 Å². The predicted molar refractivity (Wildman–Crippen MR) is 70.3 cm³/mol. The maximum Gasteiger partial charge on any atom is 0.317 e. The zero-order valence-corrected chi connectivity index (χ0v) is 10.3. The molecule has 1 aromatic heterocycles. The van der Waals surface area contributed by atoms with Gasteiger partial charge >= 0.3 is 6.03 Å². The lowest BCUT2D eigenvalue weighted by molar-refractivity contribution is 0.259. The van der Waals surface area contributed by atoms with Crippen LogP contribution in [0.5, 0.6) is 0 Å². The molecule has 0 saturated heterocycles. The number of anilines is 1. The summed E-state index contributed by atoms with van der Waals surface area (Å²) in [5, 5.41) is 3.28. The Kier molecular flexibility index (Phi) is 2.56. The van der Waals surface area contributed by atoms with Gasteiger partial charge in [0.1, 0.15) is 5.82 Å². The normalized spacial score (nSPS) is 12.7. The van der Waals surface area contributed by atoms with Crippen molar-refractivity contribution in [3.05, 3.63) is 41.2 Å². The van der Waals surface area contributed by atoms with Crippen LogP contribution < -0.4 is 11.1 Å². The van der Waals surface area contributed by atoms with Crippen LogP contribution >= 0.6 is 11.3 Å². The molecule has 0 spiro atoms. The topological polar surface area (TPSA) is 55.1 Å². The number of urea groups is 1. The number of nitrogens with two attached hydrogens (primary N) is 1. The number of hydrogen-bond donors (Lipinski definition) is 2. The minimum absolute atomic E-state index is 0.237. The number of hydrogen-bond acceptors (Lipinski definition) is 2. The van der Waals surface area contributed by atoms with Crippen molar-refractivity contribution in [2.75, 3.05) is 5.32 Å². The van der Waals surface area contributed by atoms with Crippen molar-refractivity contribution >= 4 is 22.4 Å². The predicted octanol–water partition coefficient (Wildman–Crippen LogP) is 3.14. The Bertz CT molecular complexity index is 636. The van der Waals surface area contributed by atoms with Gasteiger partial charge in [0.2, 0.25) is 0 Å². The molecule has 0 atom stereocenters. The number of nitrogens with one attached hydrogen (secondary N) is 1. The van der Waals surface area contributed by atoms with Crippen LogP contribution in [0.3, 0.4) is 0 Å². The molecule has 0 saturated carbocycles. The summed E-state index contributed by atoms with van der Waals surface area (Å²) in [6.07, 6.45) is 1.81. The number of halogens is 1. The summed E-state index contributed by atoms with van der Waals surface area (Å²) in [6, 6.07) is 6.21. The molecule has 3 nitrogen and oxygen atoms in total. The van der Waals surface area contributed by atoms with Crippen molar-refractivity contribution in [3.63, 3.8) is 0 Å². The van der Waals surface area contributed by atoms with Gasteiger partial charge in [0.05, 0.1) is 5.00 Å². The molecule has 5 heteroatoms. The first-order valence-corrected chi connectivity index (χ1v) is 6.43. The molecule has 0 unspecified atom stereocenters. The van der Waals surface area contributed by atoms with E-state index in [1.165, 1.54) is 17.4 Å². The maximum atomic E-state index is 13.3. The highest BCUT2D eigenvalue weighted by atomic mass is 32.1. The number of primary amides is 1. The number of carbonyl (C=O) groups excluding carboxylic acids is 1. The first-order valence-electron chi connectivity index (χ1n) is 5.61. The first kappa shape index (κ1) is 11.2. The van der Waals surface area contributed by atoms with E-state index in [0.29, 0.717) is 5.00 Å². The Balaban J connectivity index is 2.08. The minimum atomic E-state index is -0.576. The van der Waals surface area contributed by atoms with Gasteiger partial charge in [-0.1, -0.05) is 6.07 Å². The Morgan fingerprint density at radius 2 is 2.06 bits per heavy atom. The van der Waals surface area contributed by atoms with E-state index < -0.39 is 6.03 Å². The van der Waals surface area contributed by atoms with Crippen LogP contribution in [-0.2, 0) is 12.8 Å². The molecule has 1 aliphatic carbocycles. The van der Waals surface area contributed by atoms with E-state index in [0.717, 1.165) is 34.4 Å². The summed E-state index contributed by atoms with van der Waals surface area (Å²) >= 11 is 1.44. The van der Waals surface area contributed by atoms with Crippen LogP contribution in [0, 0.1) is 5.82 Å². The summed E-state index contributed by atoms with van der Waals surface area (Å²) in [5.41, 5.74) is 8.32. The minimum Gasteiger partial charge on any atom is -0.351 e. The Morgan fingerprint density at radius 1 is 1.28 bits per heavy atom. The number of aryl methyl sites for hydroxylation is 2. The number of fused-ring (bicyclic) bond motifs is 3. The molecule has 3 rings (SSSR count). The van der Waals surface area contributed by atoms with E-state index in [-0.39, 0.29) is 5.82 Å². The van der Waals surface area contributed by atoms with Gasteiger partial charge in [0.15, 0.2) is 0 Å². The van der Waals surface area contributed by atoms with Crippen molar-refractivity contribution in [2.45, 2.75) is 12.8 Å². The second-order valence-electron chi connectivity index (χ2n) is 4.26. The Labute approximate surface area is 107 Å². The smallest absolute Gasteiger partial charge is 0.317 e. The van der Waals surface area contributed by atoms with Crippen molar-refractivity contribution in [2.24, 2.45) is 5.73 Å². The van der Waals surface area contributed by atoms with E-state index in [1.54, 1.807) is 6.07 Å². The lowest BCUT2D eigenvalue weighted by Gasteiger charge is -2.15. The van der Waals surface area contributed by atoms with Gasteiger partial charge in [-0.2, -0.15) is 0 Å². The fourth-order valence-corrected chi connectivity index (χ4v) is 3.44. The Hall–Kier alpha value is -1.88. The summed E-state index contributed by atoms with van der Waals surface area (Å²) in [5.74, 6) is -0.237. The maximum absolute atomic E-state index is 13.3. The van der Waals surface area contributed by atoms with Crippen LogP contribution in [0.2, 0.25) is 0 Å². The molecule has 18 heavy (non-hydrogen) atoms. The largest absolute Gasteiger partial charge is 0.351 e. The fraction of sp³-hybridized carbons (Fsp3) is 0.154. The van der Waals surface area contributed by atoms with E-state index >= 15 is 0 Å². The van der Waals surface area contributed by atoms with Crippen molar-refractivity contribution in [3.8, 4) is 10.4 Å². The van der Waals surface area contributed by atoms with Gasteiger partial charge in [-0.3, -0.25) is 5.32 Å². The number of thiophene rings is 1. The molecular formula is C13H11FN2OS. The van der Waals surface area contributed by atoms with Gasteiger partial charge in [-0.05, 0) is 47.7 Å². The quantitative estimate of drug-likeness (QED) is 0.815. The molecule has 2 amide bonds. The monoisotopic (exact) mass is 262 g/mol. The zero-order valence-electron chi connectivity index (χ0n) is 9.50. The van der Waals surface area contributed by atoms with Crippen molar-refractivity contribution in [1.82, 2.24) is 0 Å². The van der Waals surface area contributed by atoms with Gasteiger partial charge in [0, 0.05) is 4.88 Å². The van der Waals surface area contributed by atoms with Gasteiger partial charge in [0.25, 0.3) is 0 Å². The molecule has 0 fully saturated rings. The highest BCUT2D eigenvalue weighted by Crippen LogP contribution is 2.41. The second-order valence-corrected chi connectivity index (χ2v) is 5.31. The standard InChI is InChI=1S/C13H11FN2OS/c14-9-4-3-7-1-2-8-5-11(16-13(15)17)18-12(8)10(7)6-9/h3-6H,1-2H2,(H3,15,16,17). The zero-order chi connectivity index (χ0) is 12.7. The number of carbonyl (C=O) groups is 1. The Morgan fingerprint density at radius 3 is 2.83 bits per heavy atom. The lowest BCUT2D eigenvalue weighted by atomic mass is 9.91. The van der Waals surface area contributed by atoms with Gasteiger partial charge in [-0.25, -0.2) is 9.18 Å². The highest BCUT2D eigenvalue weighted by Gasteiger charge is 2.20. The van der Waals surface area contributed by atoms with E-state index in [9.17, 15) is 9.18 Å². The van der Waals surface area contributed by atoms with Crippen LogP contribution in [0.25, 0.3) is 10.4 Å². The van der Waals surface area contributed by atoms with Crippen molar-refractivity contribution < 1.29 is 9.18 Å². The summed E-state index contributed by atoms with van der Waals surface area (Å²) in [7, 11) is 0. The van der Waals surface area contributed by atoms with E-state index in [1.807, 2.05) is 12.1 Å². The lowest BCUT2D eigenvalue weighted by Crippen LogP contribution is -2.18. The first-order chi connectivity index (χ1) is 8.63. The molecule has 0 aliphatic heterocycles. The number of amides is 2. The average Bonchev–Trinajstić information content (AvgIpc) is 2.70. The molecule has 1 aliphatic rings. The third-order valence-corrected chi connectivity index (χ3v) is 4.16. The third-order valence-electron chi connectivity index (χ3n) is 3.04. The molecule has 0 radical (unpaired) electrons. The second kappa shape index (κ2) is 4.10. The van der Waals surface area contributed by atoms with Crippen LogP contribution in [0.15, 0.2) is 24.3 Å². The van der Waals surface area contributed by atoms with Crippen LogP contribution in [0.1, 0.15) is 11.1 Å². The van der Waals surface area contributed by atoms with Crippen LogP contribution in [0.4, 0.5) is 14.2 Å². The summed E-state index contributed by atoms with van der Waals surface area (Å²) < 4.78 is 13.3. The molecule has 3 N–H and O–H groups in total. The van der Waals surface area contributed by atoms with Crippen molar-refractivity contribution in [1.29, 1.82) is 0 Å². The van der Waals surface area contributed by atoms with Gasteiger partial charge in [-0.15, -0.1) is 11.3 Å². The molecule has 1 heterocycles. The highest BCUT2D eigenvalue weighted by molar-refractivity contribution is 7.19. The molecule has 2 aromatic rings. The number of benzene rings is 1. The number of rotatable bonds is 1. The SMILES string of the molecule is NC(=O)Nc1cc2c(s1)-c1cc(F)ccc1CC2. The molecule has 92 valence electrons.